The number of rotatable bonds is 4. The molecule has 1 saturated heterocycles. The molecule has 1 aromatic rings. The molecule has 1 aliphatic heterocycles. The first kappa shape index (κ1) is 13.9. The number of hydrogen-bond acceptors (Lipinski definition) is 3. The summed E-state index contributed by atoms with van der Waals surface area (Å²) in [5.41, 5.74) is -0.0258. The molecule has 0 radical (unpaired) electrons. The third-order valence-corrected chi connectivity index (χ3v) is 3.51. The van der Waals surface area contributed by atoms with E-state index in [0.717, 1.165) is 25.2 Å². The van der Waals surface area contributed by atoms with Crippen molar-refractivity contribution in [3.8, 4) is 6.07 Å². The van der Waals surface area contributed by atoms with Crippen LogP contribution in [0.1, 0.15) is 24.5 Å². The SMILES string of the molecule is CC1OCCC1CNCc1c(F)cc(C#N)cc1F. The van der Waals surface area contributed by atoms with E-state index < -0.39 is 11.6 Å². The Morgan fingerprint density at radius 3 is 2.63 bits per heavy atom. The van der Waals surface area contributed by atoms with Gasteiger partial charge in [0.15, 0.2) is 0 Å². The molecule has 102 valence electrons. The summed E-state index contributed by atoms with van der Waals surface area (Å²) in [4.78, 5) is 0. The van der Waals surface area contributed by atoms with Crippen molar-refractivity contribution in [1.82, 2.24) is 5.32 Å². The van der Waals surface area contributed by atoms with Gasteiger partial charge in [-0.1, -0.05) is 0 Å². The first-order valence-corrected chi connectivity index (χ1v) is 6.32. The minimum absolute atomic E-state index is 0.00318. The van der Waals surface area contributed by atoms with Crippen LogP contribution in [-0.2, 0) is 11.3 Å². The summed E-state index contributed by atoms with van der Waals surface area (Å²) in [7, 11) is 0. The van der Waals surface area contributed by atoms with Crippen molar-refractivity contribution in [2.24, 2.45) is 5.92 Å². The molecule has 1 heterocycles. The highest BCUT2D eigenvalue weighted by atomic mass is 19.1. The standard InChI is InChI=1S/C14H16F2N2O/c1-9-11(2-3-19-9)7-18-8-12-13(15)4-10(6-17)5-14(12)16/h4-5,9,11,18H,2-3,7-8H2,1H3. The number of nitriles is 1. The van der Waals surface area contributed by atoms with Crippen LogP contribution in [0.15, 0.2) is 12.1 Å². The Morgan fingerprint density at radius 2 is 2.11 bits per heavy atom. The highest BCUT2D eigenvalue weighted by Gasteiger charge is 2.23. The molecule has 0 bridgehead atoms. The summed E-state index contributed by atoms with van der Waals surface area (Å²) < 4.78 is 32.7. The van der Waals surface area contributed by atoms with Crippen molar-refractivity contribution in [3.63, 3.8) is 0 Å². The monoisotopic (exact) mass is 266 g/mol. The van der Waals surface area contributed by atoms with E-state index >= 15 is 0 Å². The van der Waals surface area contributed by atoms with E-state index in [0.29, 0.717) is 12.5 Å². The van der Waals surface area contributed by atoms with Crippen LogP contribution >= 0.6 is 0 Å². The van der Waals surface area contributed by atoms with Gasteiger partial charge in [0, 0.05) is 25.3 Å². The van der Waals surface area contributed by atoms with E-state index in [1.165, 1.54) is 0 Å². The molecule has 0 spiro atoms. The summed E-state index contributed by atoms with van der Waals surface area (Å²) in [5.74, 6) is -0.982. The normalized spacial score (nSPS) is 22.4. The molecule has 1 fully saturated rings. The van der Waals surface area contributed by atoms with Crippen molar-refractivity contribution >= 4 is 0 Å². The van der Waals surface area contributed by atoms with Crippen LogP contribution in [0.2, 0.25) is 0 Å². The molecule has 2 unspecified atom stereocenters. The molecule has 1 N–H and O–H groups in total. The summed E-state index contributed by atoms with van der Waals surface area (Å²) in [6.45, 7) is 3.53. The maximum absolute atomic E-state index is 13.6. The number of nitrogens with zero attached hydrogens (tertiary/aromatic N) is 1. The van der Waals surface area contributed by atoms with Crippen molar-refractivity contribution in [2.75, 3.05) is 13.2 Å². The highest BCUT2D eigenvalue weighted by molar-refractivity contribution is 5.34. The molecular weight excluding hydrogens is 250 g/mol. The zero-order valence-electron chi connectivity index (χ0n) is 10.7. The second-order valence-electron chi connectivity index (χ2n) is 4.79. The molecular formula is C14H16F2N2O. The van der Waals surface area contributed by atoms with Crippen LogP contribution in [0.25, 0.3) is 0 Å². The zero-order chi connectivity index (χ0) is 13.8. The lowest BCUT2D eigenvalue weighted by atomic mass is 10.0. The Kier molecular flexibility index (Phi) is 4.46. The third-order valence-electron chi connectivity index (χ3n) is 3.51. The lowest BCUT2D eigenvalue weighted by molar-refractivity contribution is 0.105. The van der Waals surface area contributed by atoms with Crippen LogP contribution in [0, 0.1) is 28.9 Å². The number of halogens is 2. The Hall–Kier alpha value is -1.51. The van der Waals surface area contributed by atoms with Crippen LogP contribution in [0.4, 0.5) is 8.78 Å². The minimum atomic E-state index is -0.681. The van der Waals surface area contributed by atoms with E-state index in [2.05, 4.69) is 5.32 Å². The van der Waals surface area contributed by atoms with E-state index in [1.54, 1.807) is 6.07 Å². The maximum Gasteiger partial charge on any atom is 0.131 e. The van der Waals surface area contributed by atoms with Crippen LogP contribution in [0.5, 0.6) is 0 Å². The van der Waals surface area contributed by atoms with Gasteiger partial charge in [-0.3, -0.25) is 0 Å². The molecule has 0 aliphatic carbocycles. The molecule has 19 heavy (non-hydrogen) atoms. The molecule has 0 amide bonds. The fourth-order valence-corrected chi connectivity index (χ4v) is 2.26. The molecule has 0 saturated carbocycles. The van der Waals surface area contributed by atoms with E-state index in [4.69, 9.17) is 10.00 Å². The average molecular weight is 266 g/mol. The first-order valence-electron chi connectivity index (χ1n) is 6.32. The number of ether oxygens (including phenoxy) is 1. The van der Waals surface area contributed by atoms with Gasteiger partial charge in [-0.2, -0.15) is 5.26 Å². The maximum atomic E-state index is 13.6. The topological polar surface area (TPSA) is 45.0 Å². The average Bonchev–Trinajstić information content (AvgIpc) is 2.78. The van der Waals surface area contributed by atoms with Gasteiger partial charge in [0.05, 0.1) is 17.7 Å². The van der Waals surface area contributed by atoms with Crippen molar-refractivity contribution < 1.29 is 13.5 Å². The number of nitrogens with one attached hydrogen (secondary N) is 1. The smallest absolute Gasteiger partial charge is 0.131 e. The minimum Gasteiger partial charge on any atom is -0.378 e. The van der Waals surface area contributed by atoms with Gasteiger partial charge in [0.1, 0.15) is 11.6 Å². The van der Waals surface area contributed by atoms with Crippen LogP contribution < -0.4 is 5.32 Å². The summed E-state index contributed by atoms with van der Waals surface area (Å²) in [6.07, 6.45) is 1.15. The quantitative estimate of drug-likeness (QED) is 0.910. The Morgan fingerprint density at radius 1 is 1.42 bits per heavy atom. The van der Waals surface area contributed by atoms with Gasteiger partial charge in [0.25, 0.3) is 0 Å². The van der Waals surface area contributed by atoms with Crippen molar-refractivity contribution in [1.29, 1.82) is 5.26 Å². The fraction of sp³-hybridized carbons (Fsp3) is 0.500. The molecule has 1 aromatic carbocycles. The van der Waals surface area contributed by atoms with Crippen LogP contribution in [0.3, 0.4) is 0 Å². The van der Waals surface area contributed by atoms with Gasteiger partial charge >= 0.3 is 0 Å². The molecule has 3 nitrogen and oxygen atoms in total. The van der Waals surface area contributed by atoms with E-state index in [1.807, 2.05) is 6.92 Å². The lowest BCUT2D eigenvalue weighted by Gasteiger charge is -2.15. The second-order valence-corrected chi connectivity index (χ2v) is 4.79. The van der Waals surface area contributed by atoms with Gasteiger partial charge in [0.2, 0.25) is 0 Å². The molecule has 2 atom stereocenters. The third kappa shape index (κ3) is 3.28. The number of benzene rings is 1. The largest absolute Gasteiger partial charge is 0.378 e. The first-order chi connectivity index (χ1) is 9.11. The Labute approximate surface area is 111 Å². The lowest BCUT2D eigenvalue weighted by Crippen LogP contribution is -2.27. The predicted molar refractivity (Wildman–Crippen MR) is 66.3 cm³/mol. The summed E-state index contributed by atoms with van der Waals surface area (Å²) >= 11 is 0. The summed E-state index contributed by atoms with van der Waals surface area (Å²) in [5, 5.41) is 11.7. The second kappa shape index (κ2) is 6.09. The highest BCUT2D eigenvalue weighted by Crippen LogP contribution is 2.20. The zero-order valence-corrected chi connectivity index (χ0v) is 10.7. The van der Waals surface area contributed by atoms with Gasteiger partial charge in [-0.25, -0.2) is 8.78 Å². The van der Waals surface area contributed by atoms with Crippen molar-refractivity contribution in [2.45, 2.75) is 26.0 Å². The molecule has 2 rings (SSSR count). The van der Waals surface area contributed by atoms with Crippen molar-refractivity contribution in [3.05, 3.63) is 34.9 Å². The van der Waals surface area contributed by atoms with Gasteiger partial charge in [-0.05, 0) is 31.4 Å². The predicted octanol–water partition coefficient (Wildman–Crippen LogP) is 2.35. The molecule has 1 aliphatic rings. The van der Waals surface area contributed by atoms with Crippen LogP contribution in [-0.4, -0.2) is 19.3 Å². The van der Waals surface area contributed by atoms with E-state index in [9.17, 15) is 8.78 Å². The van der Waals surface area contributed by atoms with Gasteiger partial charge in [-0.15, -0.1) is 0 Å². The molecule has 0 aromatic heterocycles. The van der Waals surface area contributed by atoms with E-state index in [-0.39, 0.29) is 23.8 Å². The molecule has 5 heteroatoms. The Bertz CT molecular complexity index is 476. The number of hydrogen-bond donors (Lipinski definition) is 1. The fourth-order valence-electron chi connectivity index (χ4n) is 2.26. The Balaban J connectivity index is 1.94. The summed E-state index contributed by atoms with van der Waals surface area (Å²) in [6, 6.07) is 3.84. The van der Waals surface area contributed by atoms with Gasteiger partial charge < -0.3 is 10.1 Å².